The van der Waals surface area contributed by atoms with Crippen LogP contribution in [0.2, 0.25) is 0 Å². The van der Waals surface area contributed by atoms with Gasteiger partial charge in [0.05, 0.1) is 11.7 Å². The normalized spacial score (nSPS) is 23.2. The van der Waals surface area contributed by atoms with Gasteiger partial charge in [0.15, 0.2) is 0 Å². The van der Waals surface area contributed by atoms with Gasteiger partial charge in [-0.2, -0.15) is 6.08 Å². The Morgan fingerprint density at radius 2 is 1.83 bits per heavy atom. The smallest absolute Gasteiger partial charge is 1.00 e. The Balaban J connectivity index is 0. The number of hydrogen-bond acceptors (Lipinski definition) is 1. The molecule has 1 nitrogen and oxygen atoms in total. The molecule has 1 unspecified atom stereocenters. The molecule has 2 aliphatic rings. The van der Waals surface area contributed by atoms with E-state index in [0.717, 1.165) is 12.8 Å². The number of ether oxygens (including phenoxy) is 1. The molecule has 4 heteroatoms. The summed E-state index contributed by atoms with van der Waals surface area (Å²) in [5.41, 5.74) is 3.59. The second-order valence-electron chi connectivity index (χ2n) is 6.80. The number of allylic oxidation sites excluding steroid dienone is 5. The van der Waals surface area contributed by atoms with Gasteiger partial charge in [0.1, 0.15) is 0 Å². The van der Waals surface area contributed by atoms with Gasteiger partial charge >= 0.3 is 21.7 Å². The van der Waals surface area contributed by atoms with Gasteiger partial charge in [-0.15, -0.1) is 6.42 Å². The Morgan fingerprint density at radius 1 is 1.22 bits per heavy atom. The first-order chi connectivity index (χ1) is 9.29. The summed E-state index contributed by atoms with van der Waals surface area (Å²) in [6.45, 7) is 13.2. The minimum Gasteiger partial charge on any atom is -1.00 e. The van der Waals surface area contributed by atoms with E-state index in [0.29, 0.717) is 0 Å². The van der Waals surface area contributed by atoms with Crippen LogP contribution in [0.25, 0.3) is 0 Å². The number of rotatable bonds is 4. The van der Waals surface area contributed by atoms with E-state index in [9.17, 15) is 0 Å². The van der Waals surface area contributed by atoms with E-state index in [1.165, 1.54) is 16.7 Å². The maximum Gasteiger partial charge on any atom is 3.00 e. The van der Waals surface area contributed by atoms with Gasteiger partial charge in [-0.1, -0.05) is 31.6 Å². The second kappa shape index (κ2) is 9.63. The zero-order chi connectivity index (χ0) is 15.0. The molecule has 0 aliphatic heterocycles. The summed E-state index contributed by atoms with van der Waals surface area (Å²) in [6, 6.07) is 0. The monoisotopic (exact) mass is 389 g/mol. The van der Waals surface area contributed by atoms with Crippen molar-refractivity contribution in [3.8, 4) is 0 Å². The molecular formula is C19H27Cl2OTi. The molecule has 2 rings (SSSR count). The third-order valence-corrected chi connectivity index (χ3v) is 4.61. The average Bonchev–Trinajstić information content (AvgIpc) is 2.86. The first kappa shape index (κ1) is 25.5. The van der Waals surface area contributed by atoms with Gasteiger partial charge in [-0.25, -0.2) is 11.6 Å². The fourth-order valence-corrected chi connectivity index (χ4v) is 3.47. The van der Waals surface area contributed by atoms with Crippen molar-refractivity contribution in [2.45, 2.75) is 66.1 Å². The van der Waals surface area contributed by atoms with Crippen molar-refractivity contribution in [3.63, 3.8) is 0 Å². The summed E-state index contributed by atoms with van der Waals surface area (Å²) in [5.74, 6) is 0. The molecule has 1 radical (unpaired) electrons. The molecule has 0 aromatic heterocycles. The maximum atomic E-state index is 6.51. The van der Waals surface area contributed by atoms with Gasteiger partial charge in [0.2, 0.25) is 0 Å². The van der Waals surface area contributed by atoms with E-state index in [2.05, 4.69) is 71.9 Å². The Hall–Kier alpha value is 0.214. The van der Waals surface area contributed by atoms with E-state index >= 15 is 0 Å². The van der Waals surface area contributed by atoms with Gasteiger partial charge < -0.3 is 29.6 Å². The van der Waals surface area contributed by atoms with E-state index in [1.807, 2.05) is 0 Å². The van der Waals surface area contributed by atoms with E-state index in [4.69, 9.17) is 4.74 Å². The van der Waals surface area contributed by atoms with Crippen LogP contribution in [-0.2, 0) is 26.5 Å². The molecule has 1 atom stereocenters. The Bertz CT molecular complexity index is 515. The molecule has 0 aromatic rings. The van der Waals surface area contributed by atoms with E-state index in [-0.39, 0.29) is 63.7 Å². The van der Waals surface area contributed by atoms with Crippen molar-refractivity contribution in [1.82, 2.24) is 0 Å². The first-order valence-corrected chi connectivity index (χ1v) is 7.61. The predicted octanol–water partition coefficient (Wildman–Crippen LogP) is -0.832. The molecule has 23 heavy (non-hydrogen) atoms. The molecule has 0 N–H and O–H groups in total. The van der Waals surface area contributed by atoms with Crippen LogP contribution < -0.4 is 24.8 Å². The minimum absolute atomic E-state index is 0. The topological polar surface area (TPSA) is 9.23 Å². The van der Waals surface area contributed by atoms with Crippen LogP contribution in [0.5, 0.6) is 0 Å². The molecule has 127 valence electrons. The molecular weight excluding hydrogens is 363 g/mol. The molecule has 0 saturated heterocycles. The van der Waals surface area contributed by atoms with Crippen molar-refractivity contribution < 1.29 is 51.3 Å². The molecule has 0 aromatic carbocycles. The third kappa shape index (κ3) is 4.86. The summed E-state index contributed by atoms with van der Waals surface area (Å²) >= 11 is 0. The number of halogens is 2. The minimum atomic E-state index is -0.266. The van der Waals surface area contributed by atoms with E-state index < -0.39 is 0 Å². The zero-order valence-electron chi connectivity index (χ0n) is 15.0. The van der Waals surface area contributed by atoms with Crippen LogP contribution >= 0.6 is 0 Å². The van der Waals surface area contributed by atoms with Crippen LogP contribution in [0.15, 0.2) is 41.0 Å². The average molecular weight is 390 g/mol. The van der Waals surface area contributed by atoms with Gasteiger partial charge in [0.25, 0.3) is 0 Å². The summed E-state index contributed by atoms with van der Waals surface area (Å²) in [5, 5.41) is 0. The third-order valence-electron chi connectivity index (χ3n) is 4.61. The SMILES string of the molecule is CC1=CCC(OC(C)C)(C(C)(C)C2=[C-]CC=C2)C(C)=C1.[Cl-].[Cl-].[Ti+3]. The Kier molecular flexibility index (Phi) is 10.7. The molecule has 2 aliphatic carbocycles. The maximum absolute atomic E-state index is 6.51. The van der Waals surface area contributed by atoms with Crippen LogP contribution in [0, 0.1) is 11.5 Å². The van der Waals surface area contributed by atoms with Gasteiger partial charge in [-0.3, -0.25) is 6.08 Å². The number of hydrogen-bond donors (Lipinski definition) is 0. The molecule has 0 amide bonds. The van der Waals surface area contributed by atoms with Gasteiger partial charge in [0, 0.05) is 0 Å². The van der Waals surface area contributed by atoms with Crippen molar-refractivity contribution >= 4 is 0 Å². The fourth-order valence-electron chi connectivity index (χ4n) is 3.47. The Morgan fingerprint density at radius 3 is 2.26 bits per heavy atom. The van der Waals surface area contributed by atoms with E-state index in [1.54, 1.807) is 0 Å². The first-order valence-electron chi connectivity index (χ1n) is 7.61. The summed E-state index contributed by atoms with van der Waals surface area (Å²) < 4.78 is 6.51. The predicted molar refractivity (Wildman–Crippen MR) is 85.4 cm³/mol. The largest absolute Gasteiger partial charge is 3.00 e. The van der Waals surface area contributed by atoms with Crippen LogP contribution in [-0.4, -0.2) is 11.7 Å². The van der Waals surface area contributed by atoms with Crippen LogP contribution in [0.3, 0.4) is 0 Å². The quantitative estimate of drug-likeness (QED) is 0.450. The molecule has 0 heterocycles. The fraction of sp³-hybridized carbons (Fsp3) is 0.579. The standard InChI is InChI=1S/C19H27O.2ClH.Ti/c1-14(2)20-19(12-11-15(3)13-16(19)4)18(5,6)17-9-7-8-10-17;;;/h7,9,11,13-14H,8,12H2,1-6H3;2*1H;/q-1;;;+3/p-2. The summed E-state index contributed by atoms with van der Waals surface area (Å²) in [4.78, 5) is 0. The summed E-state index contributed by atoms with van der Waals surface area (Å²) in [6.07, 6.45) is 14.5. The van der Waals surface area contributed by atoms with Crippen LogP contribution in [0.4, 0.5) is 0 Å². The summed E-state index contributed by atoms with van der Waals surface area (Å²) in [7, 11) is 0. The van der Waals surface area contributed by atoms with Gasteiger partial charge in [-0.05, 0) is 45.1 Å². The molecule has 0 bridgehead atoms. The molecule has 0 fully saturated rings. The van der Waals surface area contributed by atoms with Crippen molar-refractivity contribution in [3.05, 3.63) is 47.1 Å². The van der Waals surface area contributed by atoms with Crippen molar-refractivity contribution in [2.24, 2.45) is 5.41 Å². The molecule has 0 spiro atoms. The molecule has 0 saturated carbocycles. The zero-order valence-corrected chi connectivity index (χ0v) is 18.0. The van der Waals surface area contributed by atoms with Crippen LogP contribution in [0.1, 0.15) is 54.4 Å². The van der Waals surface area contributed by atoms with Crippen molar-refractivity contribution in [2.75, 3.05) is 0 Å². The second-order valence-corrected chi connectivity index (χ2v) is 6.80. The Labute approximate surface area is 169 Å². The van der Waals surface area contributed by atoms with Crippen molar-refractivity contribution in [1.29, 1.82) is 0 Å².